The molecule has 0 aliphatic carbocycles. The second kappa shape index (κ2) is 16.4. The van der Waals surface area contributed by atoms with Crippen LogP contribution in [0.4, 0.5) is 0 Å². The number of rotatable bonds is 5. The third-order valence-electron chi connectivity index (χ3n) is 1.35. The summed E-state index contributed by atoms with van der Waals surface area (Å²) in [7, 11) is 4.33. The number of unbranched alkanes of at least 4 members (excludes halogenated alkanes) is 5. The first-order valence-corrected chi connectivity index (χ1v) is 5.25. The zero-order chi connectivity index (χ0) is 8.24. The Morgan fingerprint density at radius 3 is 2.20 bits per heavy atom. The zero-order valence-electron chi connectivity index (χ0n) is 6.82. The van der Waals surface area contributed by atoms with Gasteiger partial charge >= 0.3 is 25.0 Å². The fourth-order valence-corrected chi connectivity index (χ4v) is 0.775. The second-order valence-corrected chi connectivity index (χ2v) is 2.26. The summed E-state index contributed by atoms with van der Waals surface area (Å²) in [6.45, 7) is 4.38. The van der Waals surface area contributed by atoms with Gasteiger partial charge in [-0.05, 0) is 0 Å². The van der Waals surface area contributed by atoms with E-state index in [9.17, 15) is 0 Å². The molecule has 10 heavy (non-hydrogen) atoms. The van der Waals surface area contributed by atoms with Crippen molar-refractivity contribution in [2.24, 2.45) is 0 Å². The van der Waals surface area contributed by atoms with Crippen LogP contribution in [-0.4, -0.2) is 0 Å². The van der Waals surface area contributed by atoms with Crippen molar-refractivity contribution in [1.29, 1.82) is 0 Å². The maximum atomic E-state index is 4.33. The summed E-state index contributed by atoms with van der Waals surface area (Å²) >= 11 is 3.03. The van der Waals surface area contributed by atoms with Crippen LogP contribution in [0, 0.1) is 6.42 Å². The van der Waals surface area contributed by atoms with Crippen LogP contribution in [0.1, 0.15) is 46.0 Å². The number of hydrogen-bond acceptors (Lipinski definition) is 0. The van der Waals surface area contributed by atoms with Crippen LogP contribution < -0.4 is 0 Å². The Labute approximate surface area is 77.6 Å². The van der Waals surface area contributed by atoms with Crippen molar-refractivity contribution in [2.45, 2.75) is 46.0 Å². The molecule has 0 aliphatic rings. The molecule has 0 aromatic carbocycles. The number of halogens is 1. The first-order chi connectivity index (χ1) is 4.91. The van der Waals surface area contributed by atoms with Crippen molar-refractivity contribution in [3.05, 3.63) is 6.42 Å². The van der Waals surface area contributed by atoms with Gasteiger partial charge in [0.25, 0.3) is 0 Å². The van der Waals surface area contributed by atoms with Crippen molar-refractivity contribution in [3.63, 3.8) is 0 Å². The van der Waals surface area contributed by atoms with Gasteiger partial charge in [-0.1, -0.05) is 32.6 Å². The van der Waals surface area contributed by atoms with E-state index in [0.717, 1.165) is 0 Å². The first-order valence-electron chi connectivity index (χ1n) is 3.82. The average molecular weight is 208 g/mol. The van der Waals surface area contributed by atoms with Gasteiger partial charge in [-0.3, -0.25) is 0 Å². The van der Waals surface area contributed by atoms with Crippen molar-refractivity contribution < 1.29 is 14.8 Å². The van der Waals surface area contributed by atoms with E-state index in [-0.39, 0.29) is 0 Å². The molecule has 0 heterocycles. The molecular formula is C8H17ClCo. The van der Waals surface area contributed by atoms with Crippen molar-refractivity contribution in [2.75, 3.05) is 0 Å². The van der Waals surface area contributed by atoms with Crippen LogP contribution in [0.3, 0.4) is 0 Å². The van der Waals surface area contributed by atoms with Gasteiger partial charge < -0.3 is 6.42 Å². The third-order valence-corrected chi connectivity index (χ3v) is 1.35. The van der Waals surface area contributed by atoms with Crippen LogP contribution in [0.5, 0.6) is 0 Å². The molecule has 2 heteroatoms. The fraction of sp³-hybridized carbons (Fsp3) is 0.875. The molecular weight excluding hydrogens is 190 g/mol. The fourth-order valence-electron chi connectivity index (χ4n) is 0.775. The Morgan fingerprint density at radius 2 is 1.80 bits per heavy atom. The Hall–Kier alpha value is 0.796. The summed E-state index contributed by atoms with van der Waals surface area (Å²) in [5.74, 6) is 0. The van der Waals surface area contributed by atoms with Gasteiger partial charge in [0.2, 0.25) is 0 Å². The molecule has 0 aromatic rings. The van der Waals surface area contributed by atoms with Gasteiger partial charge in [0.1, 0.15) is 0 Å². The summed E-state index contributed by atoms with van der Waals surface area (Å²) in [6, 6.07) is 0. The molecule has 0 atom stereocenters. The van der Waals surface area contributed by atoms with Gasteiger partial charge in [-0.25, -0.2) is 0 Å². The quantitative estimate of drug-likeness (QED) is 0.474. The summed E-state index contributed by atoms with van der Waals surface area (Å²) in [5.41, 5.74) is 0. The van der Waals surface area contributed by atoms with E-state index >= 15 is 0 Å². The van der Waals surface area contributed by atoms with Crippen molar-refractivity contribution in [1.82, 2.24) is 0 Å². The SMILES string of the molecule is C[CH-]CCCCCC.[Cl][Co+]. The van der Waals surface area contributed by atoms with Crippen LogP contribution in [0.25, 0.3) is 0 Å². The Morgan fingerprint density at radius 1 is 1.20 bits per heavy atom. The first kappa shape index (κ1) is 13.4. The molecule has 0 aromatic heterocycles. The summed E-state index contributed by atoms with van der Waals surface area (Å²) in [6.07, 6.45) is 9.12. The average Bonchev–Trinajstić information content (AvgIpc) is 2.02. The maximum absolute atomic E-state index is 4.33. The third kappa shape index (κ3) is 15.9. The van der Waals surface area contributed by atoms with E-state index < -0.39 is 0 Å². The predicted octanol–water partition coefficient (Wildman–Crippen LogP) is 3.87. The Balaban J connectivity index is 0. The summed E-state index contributed by atoms with van der Waals surface area (Å²) in [4.78, 5) is 0. The molecule has 0 saturated heterocycles. The standard InChI is InChI=1S/C8H17.ClH.Co/c1-3-5-7-8-6-4-2;;/h3H,4-8H2,1-2H3;1H;/q-1;;+2/p-1. The van der Waals surface area contributed by atoms with E-state index in [2.05, 4.69) is 45.3 Å². The normalized spacial score (nSPS) is 8.40. The molecule has 0 fully saturated rings. The van der Waals surface area contributed by atoms with Gasteiger partial charge in [0, 0.05) is 0 Å². The molecule has 0 bridgehead atoms. The molecule has 0 saturated carbocycles. The van der Waals surface area contributed by atoms with Crippen LogP contribution >= 0.6 is 10.1 Å². The molecule has 0 aliphatic heterocycles. The molecule has 0 rings (SSSR count). The van der Waals surface area contributed by atoms with Gasteiger partial charge in [0.15, 0.2) is 0 Å². The van der Waals surface area contributed by atoms with Crippen LogP contribution in [0.2, 0.25) is 0 Å². The van der Waals surface area contributed by atoms with E-state index in [4.69, 9.17) is 0 Å². The van der Waals surface area contributed by atoms with E-state index in [1.807, 2.05) is 0 Å². The zero-order valence-corrected chi connectivity index (χ0v) is 8.62. The number of hydrogen-bond donors (Lipinski definition) is 0. The monoisotopic (exact) mass is 207 g/mol. The minimum atomic E-state index is 1.31. The molecule has 0 nitrogen and oxygen atoms in total. The molecule has 0 unspecified atom stereocenters. The molecule has 0 spiro atoms. The minimum absolute atomic E-state index is 1.31. The predicted molar refractivity (Wildman–Crippen MR) is 44.6 cm³/mol. The van der Waals surface area contributed by atoms with Crippen molar-refractivity contribution in [3.8, 4) is 0 Å². The van der Waals surface area contributed by atoms with Gasteiger partial charge in [0.05, 0.1) is 0 Å². The van der Waals surface area contributed by atoms with Crippen molar-refractivity contribution >= 4 is 10.1 Å². The van der Waals surface area contributed by atoms with E-state index in [0.29, 0.717) is 0 Å². The Kier molecular flexibility index (Phi) is 22.0. The van der Waals surface area contributed by atoms with Crippen LogP contribution in [0.15, 0.2) is 0 Å². The molecule has 0 N–H and O–H groups in total. The van der Waals surface area contributed by atoms with E-state index in [1.165, 1.54) is 32.1 Å². The molecule has 65 valence electrons. The summed E-state index contributed by atoms with van der Waals surface area (Å²) < 4.78 is 0. The summed E-state index contributed by atoms with van der Waals surface area (Å²) in [5, 5.41) is 0. The molecule has 0 amide bonds. The van der Waals surface area contributed by atoms with Crippen LogP contribution in [-0.2, 0) is 14.8 Å². The van der Waals surface area contributed by atoms with Gasteiger partial charge in [-0.2, -0.15) is 13.3 Å². The Bertz CT molecular complexity index is 34.2. The van der Waals surface area contributed by atoms with Gasteiger partial charge in [-0.15, -0.1) is 0 Å². The van der Waals surface area contributed by atoms with E-state index in [1.54, 1.807) is 0 Å². The second-order valence-electron chi connectivity index (χ2n) is 2.26. The molecule has 0 radical (unpaired) electrons. The topological polar surface area (TPSA) is 0 Å².